The maximum Gasteiger partial charge on any atom is 0.345 e. The Bertz CT molecular complexity index is 1430. The molecule has 4 aromatic carbocycles. The zero-order valence-corrected chi connectivity index (χ0v) is 18.2. The lowest BCUT2D eigenvalue weighted by atomic mass is 10.0. The zero-order valence-electron chi connectivity index (χ0n) is 17.5. The Morgan fingerprint density at radius 2 is 1.65 bits per heavy atom. The number of carbonyl (C=O) groups excluding carboxylic acids is 2. The molecule has 1 amide bonds. The molecule has 1 N–H and O–H groups in total. The maximum absolute atomic E-state index is 12.7. The monoisotopic (exact) mass is 473 g/mol. The molecular weight excluding hydrogens is 458 g/mol. The maximum atomic E-state index is 12.7. The number of nitro groups is 1. The lowest BCUT2D eigenvalue weighted by Gasteiger charge is -2.11. The van der Waals surface area contributed by atoms with Gasteiger partial charge in [0.1, 0.15) is 5.75 Å². The highest BCUT2D eigenvalue weighted by atomic mass is 35.5. The Kier molecular flexibility index (Phi) is 6.61. The van der Waals surface area contributed by atoms with Crippen LogP contribution in [0, 0.1) is 10.1 Å². The molecule has 34 heavy (non-hydrogen) atoms. The number of benzene rings is 4. The minimum Gasteiger partial charge on any atom is -0.422 e. The molecule has 0 unspecified atom stereocenters. The van der Waals surface area contributed by atoms with Gasteiger partial charge in [-0.1, -0.05) is 54.1 Å². The van der Waals surface area contributed by atoms with Crippen molar-refractivity contribution in [2.75, 3.05) is 0 Å². The second-order valence-electron chi connectivity index (χ2n) is 7.07. The van der Waals surface area contributed by atoms with Gasteiger partial charge in [0.15, 0.2) is 0 Å². The van der Waals surface area contributed by atoms with E-state index >= 15 is 0 Å². The Morgan fingerprint density at radius 1 is 0.941 bits per heavy atom. The number of non-ortho nitro benzene ring substituents is 1. The third-order valence-electron chi connectivity index (χ3n) is 4.93. The number of hydrazone groups is 1. The van der Waals surface area contributed by atoms with Gasteiger partial charge in [0.25, 0.3) is 11.6 Å². The molecule has 168 valence electrons. The van der Waals surface area contributed by atoms with Gasteiger partial charge in [-0.3, -0.25) is 14.9 Å². The average Bonchev–Trinajstić information content (AvgIpc) is 2.85. The molecule has 0 aliphatic carbocycles. The third-order valence-corrected chi connectivity index (χ3v) is 5.26. The van der Waals surface area contributed by atoms with Crippen LogP contribution in [0.15, 0.2) is 90.0 Å². The summed E-state index contributed by atoms with van der Waals surface area (Å²) >= 11 is 6.11. The van der Waals surface area contributed by atoms with Crippen LogP contribution >= 0.6 is 11.6 Å². The smallest absolute Gasteiger partial charge is 0.345 e. The Balaban J connectivity index is 1.61. The van der Waals surface area contributed by atoms with Crippen molar-refractivity contribution in [3.05, 3.63) is 117 Å². The number of nitrogens with one attached hydrogen (secondary N) is 1. The van der Waals surface area contributed by atoms with E-state index in [0.717, 1.165) is 10.8 Å². The quantitative estimate of drug-likeness (QED) is 0.133. The van der Waals surface area contributed by atoms with Crippen LogP contribution in [0.4, 0.5) is 5.69 Å². The summed E-state index contributed by atoms with van der Waals surface area (Å²) in [5, 5.41) is 16.7. The summed E-state index contributed by atoms with van der Waals surface area (Å²) in [5.74, 6) is -0.955. The van der Waals surface area contributed by atoms with Gasteiger partial charge in [-0.25, -0.2) is 10.2 Å². The van der Waals surface area contributed by atoms with Crippen molar-refractivity contribution in [1.29, 1.82) is 0 Å². The average molecular weight is 474 g/mol. The molecule has 8 nitrogen and oxygen atoms in total. The second-order valence-corrected chi connectivity index (χ2v) is 7.48. The van der Waals surface area contributed by atoms with Crippen molar-refractivity contribution in [3.8, 4) is 5.75 Å². The summed E-state index contributed by atoms with van der Waals surface area (Å²) in [5.41, 5.74) is 3.15. The van der Waals surface area contributed by atoms with Gasteiger partial charge in [-0.2, -0.15) is 5.10 Å². The summed E-state index contributed by atoms with van der Waals surface area (Å²) in [6.07, 6.45) is 1.38. The van der Waals surface area contributed by atoms with E-state index in [-0.39, 0.29) is 27.6 Å². The highest BCUT2D eigenvalue weighted by Gasteiger charge is 2.16. The van der Waals surface area contributed by atoms with Gasteiger partial charge < -0.3 is 4.74 Å². The molecule has 0 saturated carbocycles. The predicted molar refractivity (Wildman–Crippen MR) is 129 cm³/mol. The molecule has 0 aliphatic heterocycles. The first kappa shape index (κ1) is 22.6. The number of rotatable bonds is 6. The van der Waals surface area contributed by atoms with E-state index in [9.17, 15) is 19.7 Å². The van der Waals surface area contributed by atoms with Gasteiger partial charge in [-0.05, 0) is 41.1 Å². The van der Waals surface area contributed by atoms with Crippen LogP contribution in [0.2, 0.25) is 5.02 Å². The van der Waals surface area contributed by atoms with E-state index < -0.39 is 16.8 Å². The van der Waals surface area contributed by atoms with Crippen LogP contribution in [-0.2, 0) is 0 Å². The molecule has 4 rings (SSSR count). The van der Waals surface area contributed by atoms with Crippen LogP contribution in [-0.4, -0.2) is 23.0 Å². The number of hydrogen-bond donors (Lipinski definition) is 1. The van der Waals surface area contributed by atoms with E-state index in [0.29, 0.717) is 5.56 Å². The molecule has 0 fully saturated rings. The molecule has 0 radical (unpaired) electrons. The van der Waals surface area contributed by atoms with Gasteiger partial charge in [0, 0.05) is 23.3 Å². The van der Waals surface area contributed by atoms with Crippen molar-refractivity contribution >= 4 is 46.2 Å². The number of nitro benzene ring substituents is 1. The van der Waals surface area contributed by atoms with Crippen molar-refractivity contribution in [2.45, 2.75) is 0 Å². The predicted octanol–water partition coefficient (Wildman–Crippen LogP) is 5.38. The minimum absolute atomic E-state index is 0.124. The number of amides is 1. The zero-order chi connectivity index (χ0) is 24.1. The molecule has 0 bridgehead atoms. The summed E-state index contributed by atoms with van der Waals surface area (Å²) in [7, 11) is 0. The minimum atomic E-state index is -0.634. The number of hydrogen-bond acceptors (Lipinski definition) is 6. The Labute approximate surface area is 198 Å². The van der Waals surface area contributed by atoms with Crippen LogP contribution in [0.5, 0.6) is 5.75 Å². The highest BCUT2D eigenvalue weighted by Crippen LogP contribution is 2.28. The molecule has 0 heterocycles. The van der Waals surface area contributed by atoms with E-state index in [4.69, 9.17) is 16.3 Å². The second kappa shape index (κ2) is 9.93. The summed E-state index contributed by atoms with van der Waals surface area (Å²) in [6, 6.07) is 22.5. The van der Waals surface area contributed by atoms with Crippen molar-refractivity contribution in [2.24, 2.45) is 5.10 Å². The van der Waals surface area contributed by atoms with Crippen molar-refractivity contribution < 1.29 is 19.2 Å². The highest BCUT2D eigenvalue weighted by molar-refractivity contribution is 6.33. The normalized spacial score (nSPS) is 10.9. The Morgan fingerprint density at radius 3 is 2.38 bits per heavy atom. The molecule has 9 heteroatoms. The van der Waals surface area contributed by atoms with E-state index in [1.54, 1.807) is 36.4 Å². The number of fused-ring (bicyclic) bond motifs is 1. The number of ether oxygens (including phenoxy) is 1. The fraction of sp³-hybridized carbons (Fsp3) is 0. The first-order valence-corrected chi connectivity index (χ1v) is 10.4. The molecule has 0 aliphatic rings. The molecule has 0 aromatic heterocycles. The van der Waals surface area contributed by atoms with Gasteiger partial charge in [0.2, 0.25) is 0 Å². The van der Waals surface area contributed by atoms with E-state index in [1.807, 2.05) is 24.3 Å². The van der Waals surface area contributed by atoms with Gasteiger partial charge in [-0.15, -0.1) is 0 Å². The summed E-state index contributed by atoms with van der Waals surface area (Å²) in [6.45, 7) is 0. The number of nitrogens with zero attached hydrogens (tertiary/aromatic N) is 2. The number of halogens is 1. The molecular formula is C25H16ClN3O5. The lowest BCUT2D eigenvalue weighted by Crippen LogP contribution is -2.17. The topological polar surface area (TPSA) is 111 Å². The number of carbonyl (C=O) groups is 2. The summed E-state index contributed by atoms with van der Waals surface area (Å²) in [4.78, 5) is 35.3. The van der Waals surface area contributed by atoms with Gasteiger partial charge >= 0.3 is 5.97 Å². The molecule has 0 atom stereocenters. The van der Waals surface area contributed by atoms with E-state index in [1.165, 1.54) is 30.5 Å². The van der Waals surface area contributed by atoms with Crippen LogP contribution in [0.1, 0.15) is 26.3 Å². The van der Waals surface area contributed by atoms with Crippen LogP contribution < -0.4 is 10.2 Å². The largest absolute Gasteiger partial charge is 0.422 e. The summed E-state index contributed by atoms with van der Waals surface area (Å²) < 4.78 is 5.61. The third kappa shape index (κ3) is 4.92. The fourth-order valence-corrected chi connectivity index (χ4v) is 3.45. The van der Waals surface area contributed by atoms with Crippen molar-refractivity contribution in [1.82, 2.24) is 5.43 Å². The molecule has 0 saturated heterocycles. The first-order chi connectivity index (χ1) is 16.4. The number of esters is 1. The standard InChI is InChI=1S/C25H16ClN3O5/c26-22-8-4-3-7-20(22)25(31)34-23-14-11-16-5-1-2-6-19(16)21(23)15-27-28-24(30)17-9-12-18(13-10-17)29(32)33/h1-15H,(H,28,30)/b27-15-. The molecule has 0 spiro atoms. The fourth-order valence-electron chi connectivity index (χ4n) is 3.23. The first-order valence-electron chi connectivity index (χ1n) is 10.0. The van der Waals surface area contributed by atoms with Gasteiger partial charge in [0.05, 0.1) is 21.7 Å². The van der Waals surface area contributed by atoms with Crippen molar-refractivity contribution in [3.63, 3.8) is 0 Å². The lowest BCUT2D eigenvalue weighted by molar-refractivity contribution is -0.384. The molecule has 4 aromatic rings. The SMILES string of the molecule is O=C(N/N=C\c1c(OC(=O)c2ccccc2Cl)ccc2ccccc12)c1ccc([N+](=O)[O-])cc1. The Hall–Kier alpha value is -4.56. The van der Waals surface area contributed by atoms with Crippen LogP contribution in [0.25, 0.3) is 10.8 Å². The van der Waals surface area contributed by atoms with Crippen LogP contribution in [0.3, 0.4) is 0 Å². The van der Waals surface area contributed by atoms with E-state index in [2.05, 4.69) is 10.5 Å².